The van der Waals surface area contributed by atoms with Crippen LogP contribution in [0.2, 0.25) is 0 Å². The molecule has 0 aliphatic carbocycles. The van der Waals surface area contributed by atoms with E-state index in [2.05, 4.69) is 17.0 Å². The second-order valence-corrected chi connectivity index (χ2v) is 4.88. The van der Waals surface area contributed by atoms with Crippen molar-refractivity contribution in [3.8, 4) is 0 Å². The predicted octanol–water partition coefficient (Wildman–Crippen LogP) is 2.87. The van der Waals surface area contributed by atoms with Crippen LogP contribution in [0.4, 0.5) is 0 Å². The smallest absolute Gasteiger partial charge is 0.358 e. The van der Waals surface area contributed by atoms with Crippen molar-refractivity contribution in [2.24, 2.45) is 0 Å². The third-order valence-corrected chi connectivity index (χ3v) is 3.43. The minimum absolute atomic E-state index is 0.314. The molecule has 20 heavy (non-hydrogen) atoms. The number of fused-ring (bicyclic) bond motifs is 1. The number of hydrogen-bond acceptors (Lipinski definition) is 4. The number of aryl methyl sites for hydroxylation is 2. The molecule has 2 aromatic rings. The molecular formula is C15H21N3O2. The third kappa shape index (κ3) is 2.66. The zero-order chi connectivity index (χ0) is 14.7. The number of hydrogen-bond donors (Lipinski definition) is 0. The lowest BCUT2D eigenvalue weighted by atomic mass is 10.1. The lowest BCUT2D eigenvalue weighted by Gasteiger charge is -2.10. The summed E-state index contributed by atoms with van der Waals surface area (Å²) in [7, 11) is 0. The lowest BCUT2D eigenvalue weighted by molar-refractivity contribution is 0.0519. The second-order valence-electron chi connectivity index (χ2n) is 4.88. The van der Waals surface area contributed by atoms with Gasteiger partial charge in [0.05, 0.1) is 6.61 Å². The standard InChI is InChI=1S/C15H21N3O2/c1-5-7-8-12-10(3)16-14-9-13(15(19)20-6-2)17-18(14)11(12)4/h9H,5-8H2,1-4H3. The molecule has 0 amide bonds. The zero-order valence-electron chi connectivity index (χ0n) is 12.6. The Balaban J connectivity index is 2.46. The fraction of sp³-hybridized carbons (Fsp3) is 0.533. The number of unbranched alkanes of at least 4 members (excludes halogenated alkanes) is 1. The van der Waals surface area contributed by atoms with E-state index in [1.54, 1.807) is 17.5 Å². The van der Waals surface area contributed by atoms with Gasteiger partial charge in [0.1, 0.15) is 0 Å². The molecule has 0 bridgehead atoms. The summed E-state index contributed by atoms with van der Waals surface area (Å²) in [5.41, 5.74) is 4.30. The fourth-order valence-corrected chi connectivity index (χ4v) is 2.35. The van der Waals surface area contributed by atoms with Crippen molar-refractivity contribution < 1.29 is 9.53 Å². The molecule has 0 spiro atoms. The monoisotopic (exact) mass is 275 g/mol. The Bertz CT molecular complexity index is 632. The Morgan fingerprint density at radius 1 is 1.35 bits per heavy atom. The number of carbonyl (C=O) groups is 1. The summed E-state index contributed by atoms with van der Waals surface area (Å²) in [6.45, 7) is 8.33. The van der Waals surface area contributed by atoms with E-state index in [0.717, 1.165) is 30.7 Å². The maximum Gasteiger partial charge on any atom is 0.358 e. The van der Waals surface area contributed by atoms with Crippen LogP contribution in [-0.4, -0.2) is 27.2 Å². The molecule has 0 unspecified atom stereocenters. The number of nitrogens with zero attached hydrogens (tertiary/aromatic N) is 3. The Kier molecular flexibility index (Phi) is 4.37. The Morgan fingerprint density at radius 2 is 2.10 bits per heavy atom. The van der Waals surface area contributed by atoms with Gasteiger partial charge in [-0.1, -0.05) is 13.3 Å². The zero-order valence-corrected chi connectivity index (χ0v) is 12.6. The van der Waals surface area contributed by atoms with E-state index in [1.807, 2.05) is 13.8 Å². The first kappa shape index (κ1) is 14.5. The van der Waals surface area contributed by atoms with E-state index < -0.39 is 5.97 Å². The van der Waals surface area contributed by atoms with Crippen molar-refractivity contribution in [3.05, 3.63) is 28.7 Å². The van der Waals surface area contributed by atoms with Gasteiger partial charge in [-0.05, 0) is 39.2 Å². The predicted molar refractivity (Wildman–Crippen MR) is 77.0 cm³/mol. The Labute approximate surface area is 119 Å². The molecule has 0 aromatic carbocycles. The van der Waals surface area contributed by atoms with Crippen molar-refractivity contribution in [2.75, 3.05) is 6.61 Å². The van der Waals surface area contributed by atoms with Crippen LogP contribution < -0.4 is 0 Å². The molecule has 5 nitrogen and oxygen atoms in total. The van der Waals surface area contributed by atoms with Crippen molar-refractivity contribution in [2.45, 2.75) is 47.0 Å². The summed E-state index contributed by atoms with van der Waals surface area (Å²) in [5.74, 6) is -0.398. The van der Waals surface area contributed by atoms with E-state index >= 15 is 0 Å². The molecule has 0 saturated heterocycles. The number of esters is 1. The van der Waals surface area contributed by atoms with Crippen LogP contribution in [0.5, 0.6) is 0 Å². The van der Waals surface area contributed by atoms with Gasteiger partial charge in [-0.2, -0.15) is 5.10 Å². The van der Waals surface area contributed by atoms with Crippen LogP contribution in [0, 0.1) is 13.8 Å². The summed E-state index contributed by atoms with van der Waals surface area (Å²) >= 11 is 0. The van der Waals surface area contributed by atoms with Gasteiger partial charge in [0.25, 0.3) is 0 Å². The molecular weight excluding hydrogens is 254 g/mol. The molecule has 0 atom stereocenters. The molecule has 0 N–H and O–H groups in total. The summed E-state index contributed by atoms with van der Waals surface area (Å²) in [4.78, 5) is 16.3. The maximum absolute atomic E-state index is 11.7. The van der Waals surface area contributed by atoms with Crippen LogP contribution >= 0.6 is 0 Å². The molecule has 108 valence electrons. The minimum atomic E-state index is -0.398. The molecule has 2 aromatic heterocycles. The molecule has 0 aliphatic heterocycles. The van der Waals surface area contributed by atoms with Gasteiger partial charge in [0, 0.05) is 17.5 Å². The summed E-state index contributed by atoms with van der Waals surface area (Å²) in [6, 6.07) is 1.68. The highest BCUT2D eigenvalue weighted by Crippen LogP contribution is 2.18. The molecule has 0 saturated carbocycles. The quantitative estimate of drug-likeness (QED) is 0.787. The highest BCUT2D eigenvalue weighted by atomic mass is 16.5. The first-order valence-corrected chi connectivity index (χ1v) is 7.11. The lowest BCUT2D eigenvalue weighted by Crippen LogP contribution is -2.07. The van der Waals surface area contributed by atoms with Crippen molar-refractivity contribution in [3.63, 3.8) is 0 Å². The van der Waals surface area contributed by atoms with E-state index in [4.69, 9.17) is 4.74 Å². The van der Waals surface area contributed by atoms with Gasteiger partial charge < -0.3 is 4.74 Å². The Morgan fingerprint density at radius 3 is 2.75 bits per heavy atom. The largest absolute Gasteiger partial charge is 0.461 e. The van der Waals surface area contributed by atoms with Crippen molar-refractivity contribution >= 4 is 11.6 Å². The maximum atomic E-state index is 11.7. The van der Waals surface area contributed by atoms with Crippen LogP contribution in [-0.2, 0) is 11.2 Å². The summed E-state index contributed by atoms with van der Waals surface area (Å²) in [5, 5.41) is 4.32. The van der Waals surface area contributed by atoms with E-state index in [9.17, 15) is 4.79 Å². The van der Waals surface area contributed by atoms with Crippen molar-refractivity contribution in [1.82, 2.24) is 14.6 Å². The van der Waals surface area contributed by atoms with Gasteiger partial charge in [-0.3, -0.25) is 0 Å². The number of rotatable bonds is 5. The van der Waals surface area contributed by atoms with Gasteiger partial charge in [-0.25, -0.2) is 14.3 Å². The Hall–Kier alpha value is -1.91. The summed E-state index contributed by atoms with van der Waals surface area (Å²) < 4.78 is 6.72. The fourth-order valence-electron chi connectivity index (χ4n) is 2.35. The molecule has 2 rings (SSSR count). The molecule has 2 heterocycles. The SMILES string of the molecule is CCCCc1c(C)nc2cc(C(=O)OCC)nn2c1C. The topological polar surface area (TPSA) is 56.5 Å². The number of carbonyl (C=O) groups excluding carboxylic acids is 1. The average molecular weight is 275 g/mol. The summed E-state index contributed by atoms with van der Waals surface area (Å²) in [6.07, 6.45) is 3.26. The van der Waals surface area contributed by atoms with E-state index in [1.165, 1.54) is 5.56 Å². The van der Waals surface area contributed by atoms with Crippen LogP contribution in [0.15, 0.2) is 6.07 Å². The van der Waals surface area contributed by atoms with Gasteiger partial charge in [-0.15, -0.1) is 0 Å². The van der Waals surface area contributed by atoms with E-state index in [0.29, 0.717) is 17.9 Å². The third-order valence-electron chi connectivity index (χ3n) is 3.43. The second kappa shape index (κ2) is 6.03. The highest BCUT2D eigenvalue weighted by molar-refractivity contribution is 5.88. The van der Waals surface area contributed by atoms with Crippen molar-refractivity contribution in [1.29, 1.82) is 0 Å². The van der Waals surface area contributed by atoms with Crippen LogP contribution in [0.3, 0.4) is 0 Å². The van der Waals surface area contributed by atoms with Gasteiger partial charge >= 0.3 is 5.97 Å². The molecule has 0 aliphatic rings. The molecule has 0 fully saturated rings. The first-order chi connectivity index (χ1) is 9.58. The number of aromatic nitrogens is 3. The minimum Gasteiger partial charge on any atom is -0.461 e. The van der Waals surface area contributed by atoms with E-state index in [-0.39, 0.29) is 0 Å². The first-order valence-electron chi connectivity index (χ1n) is 7.11. The molecule has 0 radical (unpaired) electrons. The van der Waals surface area contributed by atoms with Gasteiger partial charge in [0.15, 0.2) is 11.3 Å². The normalized spacial score (nSPS) is 11.0. The van der Waals surface area contributed by atoms with Crippen LogP contribution in [0.1, 0.15) is 54.1 Å². The molecule has 5 heteroatoms. The number of ether oxygens (including phenoxy) is 1. The van der Waals surface area contributed by atoms with Gasteiger partial charge in [0.2, 0.25) is 0 Å². The van der Waals surface area contributed by atoms with Crippen LogP contribution in [0.25, 0.3) is 5.65 Å². The highest BCUT2D eigenvalue weighted by Gasteiger charge is 2.16. The average Bonchev–Trinajstić information content (AvgIpc) is 2.83.